The smallest absolute Gasteiger partial charge is 0.331 e. The van der Waals surface area contributed by atoms with Crippen molar-refractivity contribution in [3.8, 4) is 0 Å². The third kappa shape index (κ3) is 9.39. The van der Waals surface area contributed by atoms with Crippen molar-refractivity contribution in [2.75, 3.05) is 7.11 Å². The summed E-state index contributed by atoms with van der Waals surface area (Å²) in [5, 5.41) is 0. The highest BCUT2D eigenvalue weighted by atomic mass is 16.5. The Bertz CT molecular complexity index is 732. The number of Topliss-reactive ketones (excluding diaryl/α,β-unsaturated/α-hetero) is 1. The molecule has 0 saturated heterocycles. The van der Waals surface area contributed by atoms with E-state index in [0.717, 1.165) is 30.4 Å². The largest absolute Gasteiger partial charge is 0.455 e. The number of methoxy groups -OCH3 is 1. The summed E-state index contributed by atoms with van der Waals surface area (Å²) in [4.78, 5) is 25.4. The van der Waals surface area contributed by atoms with Gasteiger partial charge in [-0.3, -0.25) is 4.79 Å². The van der Waals surface area contributed by atoms with Gasteiger partial charge >= 0.3 is 5.97 Å². The zero-order chi connectivity index (χ0) is 23.6. The summed E-state index contributed by atoms with van der Waals surface area (Å²) >= 11 is 0. The molecular formula is C27H42O4. The molecule has 0 fully saturated rings. The van der Waals surface area contributed by atoms with Crippen LogP contribution in [0.2, 0.25) is 0 Å². The topological polar surface area (TPSA) is 52.6 Å². The molecular weight excluding hydrogens is 388 g/mol. The van der Waals surface area contributed by atoms with Crippen LogP contribution in [0.4, 0.5) is 0 Å². The molecule has 1 aliphatic carbocycles. The van der Waals surface area contributed by atoms with E-state index in [1.807, 2.05) is 33.8 Å². The predicted octanol–water partition coefficient (Wildman–Crippen LogP) is 6.52. The molecule has 0 saturated carbocycles. The minimum atomic E-state index is -0.466. The fourth-order valence-corrected chi connectivity index (χ4v) is 3.82. The zero-order valence-electron chi connectivity index (χ0n) is 20.8. The number of carbonyl (C=O) groups excluding carboxylic acids is 2. The molecule has 174 valence electrons. The number of ketones is 1. The van der Waals surface area contributed by atoms with E-state index in [1.165, 1.54) is 11.6 Å². The van der Waals surface area contributed by atoms with E-state index in [9.17, 15) is 9.59 Å². The lowest BCUT2D eigenvalue weighted by molar-refractivity contribution is -0.145. The van der Waals surface area contributed by atoms with Crippen molar-refractivity contribution in [2.45, 2.75) is 92.8 Å². The third-order valence-electron chi connectivity index (χ3n) is 5.96. The minimum absolute atomic E-state index is 0.115. The highest BCUT2D eigenvalue weighted by molar-refractivity contribution is 5.95. The van der Waals surface area contributed by atoms with Crippen LogP contribution in [-0.2, 0) is 19.1 Å². The van der Waals surface area contributed by atoms with Gasteiger partial charge in [0.15, 0.2) is 5.78 Å². The Kier molecular flexibility index (Phi) is 11.2. The summed E-state index contributed by atoms with van der Waals surface area (Å²) in [6.45, 7) is 14.2. The van der Waals surface area contributed by atoms with Gasteiger partial charge in [-0.15, -0.1) is 0 Å². The number of hydrogen-bond acceptors (Lipinski definition) is 4. The molecule has 0 unspecified atom stereocenters. The Balaban J connectivity index is 3.35. The average molecular weight is 431 g/mol. The average Bonchev–Trinajstić information content (AvgIpc) is 2.69. The summed E-state index contributed by atoms with van der Waals surface area (Å²) in [6, 6.07) is 0. The molecule has 4 atom stereocenters. The minimum Gasteiger partial charge on any atom is -0.455 e. The van der Waals surface area contributed by atoms with Crippen molar-refractivity contribution in [1.29, 1.82) is 0 Å². The Hall–Kier alpha value is -1.94. The summed E-state index contributed by atoms with van der Waals surface area (Å²) in [5.41, 5.74) is 2.91. The standard InChI is InChI=1S/C27H42O4/c1-9-22-12-15-27(7,14-10-11-19(2)3)16-13-24(31-26(29)17-20(4)5)21(6)25(30-8)18-23(22)28/h11-13,16-17,21,24-25H,9-10,14-15,18H2,1-8H3/b16-13+,22-12-/t21-,24-,25-,27+/m1/s1. The summed E-state index contributed by atoms with van der Waals surface area (Å²) in [5.74, 6) is -0.404. The van der Waals surface area contributed by atoms with Gasteiger partial charge in [-0.1, -0.05) is 50.1 Å². The number of carbonyl (C=O) groups is 2. The van der Waals surface area contributed by atoms with Crippen LogP contribution in [0.1, 0.15) is 80.6 Å². The molecule has 0 radical (unpaired) electrons. The molecule has 0 aliphatic heterocycles. The van der Waals surface area contributed by atoms with Gasteiger partial charge in [0.05, 0.1) is 6.10 Å². The second-order valence-corrected chi connectivity index (χ2v) is 9.50. The zero-order valence-corrected chi connectivity index (χ0v) is 20.8. The van der Waals surface area contributed by atoms with Crippen LogP contribution in [0.15, 0.2) is 47.1 Å². The Labute approximate surface area is 189 Å². The van der Waals surface area contributed by atoms with E-state index in [-0.39, 0.29) is 35.6 Å². The van der Waals surface area contributed by atoms with E-state index >= 15 is 0 Å². The summed E-state index contributed by atoms with van der Waals surface area (Å²) in [7, 11) is 1.62. The molecule has 0 aromatic rings. The monoisotopic (exact) mass is 430 g/mol. The van der Waals surface area contributed by atoms with Crippen molar-refractivity contribution >= 4 is 11.8 Å². The Morgan fingerprint density at radius 3 is 2.45 bits per heavy atom. The molecule has 0 bridgehead atoms. The van der Waals surface area contributed by atoms with Gasteiger partial charge < -0.3 is 9.47 Å². The molecule has 0 heterocycles. The lowest BCUT2D eigenvalue weighted by atomic mass is 9.80. The van der Waals surface area contributed by atoms with Crippen LogP contribution in [-0.4, -0.2) is 31.1 Å². The Morgan fingerprint density at radius 1 is 1.23 bits per heavy atom. The van der Waals surface area contributed by atoms with Gasteiger partial charge in [-0.2, -0.15) is 0 Å². The van der Waals surface area contributed by atoms with Crippen molar-refractivity contribution in [1.82, 2.24) is 0 Å². The van der Waals surface area contributed by atoms with Gasteiger partial charge in [-0.25, -0.2) is 4.79 Å². The summed E-state index contributed by atoms with van der Waals surface area (Å²) in [6.07, 6.45) is 12.9. The van der Waals surface area contributed by atoms with Gasteiger partial charge in [0.2, 0.25) is 0 Å². The first-order valence-corrected chi connectivity index (χ1v) is 11.4. The van der Waals surface area contributed by atoms with Crippen LogP contribution in [0.25, 0.3) is 0 Å². The van der Waals surface area contributed by atoms with E-state index in [1.54, 1.807) is 7.11 Å². The molecule has 0 N–H and O–H groups in total. The van der Waals surface area contributed by atoms with Crippen molar-refractivity contribution in [3.05, 3.63) is 47.1 Å². The van der Waals surface area contributed by atoms with Crippen LogP contribution < -0.4 is 0 Å². The van der Waals surface area contributed by atoms with Gasteiger partial charge in [0.25, 0.3) is 0 Å². The lowest BCUT2D eigenvalue weighted by Gasteiger charge is -2.29. The molecule has 0 spiro atoms. The van der Waals surface area contributed by atoms with E-state index in [0.29, 0.717) is 6.42 Å². The SMILES string of the molecule is CC/C1=C/C[C@](C)(CCC=C(C)C)/C=C/[C@@H](OC(=O)C=C(C)C)[C@@H](C)[C@H](OC)CC1=O. The Morgan fingerprint density at radius 2 is 1.90 bits per heavy atom. The first-order valence-electron chi connectivity index (χ1n) is 11.4. The number of esters is 1. The van der Waals surface area contributed by atoms with Crippen LogP contribution in [0.5, 0.6) is 0 Å². The maximum Gasteiger partial charge on any atom is 0.331 e. The van der Waals surface area contributed by atoms with Gasteiger partial charge in [0.1, 0.15) is 6.10 Å². The second-order valence-electron chi connectivity index (χ2n) is 9.50. The molecule has 0 amide bonds. The predicted molar refractivity (Wildman–Crippen MR) is 128 cm³/mol. The fraction of sp³-hybridized carbons (Fsp3) is 0.630. The van der Waals surface area contributed by atoms with E-state index < -0.39 is 6.10 Å². The number of rotatable bonds is 7. The van der Waals surface area contributed by atoms with Crippen LogP contribution in [0.3, 0.4) is 0 Å². The number of allylic oxidation sites excluding steroid dienone is 6. The maximum absolute atomic E-state index is 13.0. The number of hydrogen-bond donors (Lipinski definition) is 0. The molecule has 4 nitrogen and oxygen atoms in total. The van der Waals surface area contributed by atoms with Gasteiger partial charge in [0, 0.05) is 25.5 Å². The van der Waals surface area contributed by atoms with Gasteiger partial charge in [-0.05, 0) is 70.4 Å². The highest BCUT2D eigenvalue weighted by Crippen LogP contribution is 2.34. The number of ether oxygens (including phenoxy) is 2. The van der Waals surface area contributed by atoms with Crippen LogP contribution >= 0.6 is 0 Å². The lowest BCUT2D eigenvalue weighted by Crippen LogP contribution is -2.35. The van der Waals surface area contributed by atoms with Crippen molar-refractivity contribution in [2.24, 2.45) is 11.3 Å². The second kappa shape index (κ2) is 12.8. The molecule has 0 aromatic heterocycles. The fourth-order valence-electron chi connectivity index (χ4n) is 3.82. The van der Waals surface area contributed by atoms with Crippen LogP contribution in [0, 0.1) is 11.3 Å². The summed E-state index contributed by atoms with van der Waals surface area (Å²) < 4.78 is 11.5. The molecule has 1 aliphatic rings. The molecule has 31 heavy (non-hydrogen) atoms. The maximum atomic E-state index is 13.0. The van der Waals surface area contributed by atoms with Crippen molar-refractivity contribution in [3.63, 3.8) is 0 Å². The first kappa shape index (κ1) is 27.1. The van der Waals surface area contributed by atoms with E-state index in [4.69, 9.17) is 9.47 Å². The highest BCUT2D eigenvalue weighted by Gasteiger charge is 2.31. The van der Waals surface area contributed by atoms with Crippen molar-refractivity contribution < 1.29 is 19.1 Å². The molecule has 1 rings (SSSR count). The molecule has 0 aromatic carbocycles. The van der Waals surface area contributed by atoms with E-state index in [2.05, 4.69) is 39.0 Å². The third-order valence-corrected chi connectivity index (χ3v) is 5.96. The normalized spacial score (nSPS) is 29.7. The quantitative estimate of drug-likeness (QED) is 0.262. The molecule has 4 heteroatoms. The first-order chi connectivity index (χ1) is 14.5.